The van der Waals surface area contributed by atoms with E-state index >= 15 is 0 Å². The third-order valence-electron chi connectivity index (χ3n) is 3.14. The lowest BCUT2D eigenvalue weighted by Gasteiger charge is -2.14. The van der Waals surface area contributed by atoms with Gasteiger partial charge in [-0.3, -0.25) is 4.79 Å². The quantitative estimate of drug-likeness (QED) is 0.857. The van der Waals surface area contributed by atoms with E-state index < -0.39 is 6.10 Å². The summed E-state index contributed by atoms with van der Waals surface area (Å²) >= 11 is 0. The van der Waals surface area contributed by atoms with Crippen LogP contribution in [0.5, 0.6) is 0 Å². The molecule has 0 aliphatic heterocycles. The molecule has 2 rings (SSSR count). The van der Waals surface area contributed by atoms with Crippen LogP contribution in [-0.4, -0.2) is 12.0 Å². The summed E-state index contributed by atoms with van der Waals surface area (Å²) in [5, 5.41) is 2.83. The molecule has 3 N–H and O–H groups in total. The summed E-state index contributed by atoms with van der Waals surface area (Å²) in [5.41, 5.74) is 8.34. The summed E-state index contributed by atoms with van der Waals surface area (Å²) in [7, 11) is 0. The van der Waals surface area contributed by atoms with E-state index in [1.165, 1.54) is 0 Å². The molecule has 1 amide bonds. The fourth-order valence-corrected chi connectivity index (χ4v) is 1.89. The largest absolute Gasteiger partial charge is 0.364 e. The predicted octanol–water partition coefficient (Wildman–Crippen LogP) is 2.69. The van der Waals surface area contributed by atoms with Crippen LogP contribution in [0.1, 0.15) is 18.1 Å². The van der Waals surface area contributed by atoms with Crippen LogP contribution in [0.4, 0.5) is 5.69 Å². The lowest BCUT2D eigenvalue weighted by atomic mass is 10.2. The summed E-state index contributed by atoms with van der Waals surface area (Å²) in [6.07, 6.45) is -0.522. The smallest absolute Gasteiger partial charge is 0.253 e. The zero-order chi connectivity index (χ0) is 15.1. The highest BCUT2D eigenvalue weighted by Gasteiger charge is 2.13. The minimum absolute atomic E-state index is 0.167. The standard InChI is InChI=1S/C17H20N2O2/c1-13(21-12-14-6-3-2-4-7-14)17(20)19-16-9-5-8-15(10-16)11-18/h2-10,13H,11-12,18H2,1H3,(H,19,20). The van der Waals surface area contributed by atoms with Gasteiger partial charge in [-0.2, -0.15) is 0 Å². The summed E-state index contributed by atoms with van der Waals surface area (Å²) in [5.74, 6) is -0.167. The van der Waals surface area contributed by atoms with Gasteiger partial charge in [0.15, 0.2) is 0 Å². The van der Waals surface area contributed by atoms with Crippen LogP contribution >= 0.6 is 0 Å². The summed E-state index contributed by atoms with van der Waals surface area (Å²) in [6.45, 7) is 2.60. The lowest BCUT2D eigenvalue weighted by molar-refractivity contribution is -0.127. The van der Waals surface area contributed by atoms with E-state index in [4.69, 9.17) is 10.5 Å². The third-order valence-corrected chi connectivity index (χ3v) is 3.14. The van der Waals surface area contributed by atoms with Crippen molar-refractivity contribution in [2.45, 2.75) is 26.2 Å². The second kappa shape index (κ2) is 7.57. The number of nitrogens with one attached hydrogen (secondary N) is 1. The van der Waals surface area contributed by atoms with Crippen molar-refractivity contribution in [3.05, 3.63) is 65.7 Å². The Morgan fingerprint density at radius 2 is 1.86 bits per heavy atom. The lowest BCUT2D eigenvalue weighted by Crippen LogP contribution is -2.27. The summed E-state index contributed by atoms with van der Waals surface area (Å²) in [6, 6.07) is 17.3. The Morgan fingerprint density at radius 1 is 1.14 bits per heavy atom. The second-order valence-electron chi connectivity index (χ2n) is 4.83. The Kier molecular flexibility index (Phi) is 5.49. The van der Waals surface area contributed by atoms with Crippen LogP contribution in [0.2, 0.25) is 0 Å². The second-order valence-corrected chi connectivity index (χ2v) is 4.83. The van der Waals surface area contributed by atoms with Crippen molar-refractivity contribution in [2.24, 2.45) is 5.73 Å². The fourth-order valence-electron chi connectivity index (χ4n) is 1.89. The molecule has 0 bridgehead atoms. The van der Waals surface area contributed by atoms with Crippen molar-refractivity contribution >= 4 is 11.6 Å². The van der Waals surface area contributed by atoms with Crippen LogP contribution < -0.4 is 11.1 Å². The molecular weight excluding hydrogens is 264 g/mol. The first-order valence-corrected chi connectivity index (χ1v) is 6.94. The van der Waals surface area contributed by atoms with Gasteiger partial charge < -0.3 is 15.8 Å². The molecule has 0 saturated carbocycles. The number of benzene rings is 2. The summed E-state index contributed by atoms with van der Waals surface area (Å²) in [4.78, 5) is 12.1. The first kappa shape index (κ1) is 15.2. The monoisotopic (exact) mass is 284 g/mol. The van der Waals surface area contributed by atoms with Gasteiger partial charge in [0.25, 0.3) is 5.91 Å². The van der Waals surface area contributed by atoms with Crippen molar-refractivity contribution in [1.82, 2.24) is 0 Å². The number of amides is 1. The highest BCUT2D eigenvalue weighted by molar-refractivity contribution is 5.93. The number of anilines is 1. The van der Waals surface area contributed by atoms with E-state index in [9.17, 15) is 4.79 Å². The van der Waals surface area contributed by atoms with Gasteiger partial charge >= 0.3 is 0 Å². The van der Waals surface area contributed by atoms with Crippen LogP contribution in [0, 0.1) is 0 Å². The average molecular weight is 284 g/mol. The molecule has 0 saturated heterocycles. The Labute approximate surface area is 124 Å². The molecule has 0 aliphatic rings. The molecule has 0 spiro atoms. The van der Waals surface area contributed by atoms with E-state index in [1.807, 2.05) is 54.6 Å². The maximum Gasteiger partial charge on any atom is 0.253 e. The van der Waals surface area contributed by atoms with Gasteiger partial charge in [0.1, 0.15) is 6.10 Å². The van der Waals surface area contributed by atoms with Crippen molar-refractivity contribution < 1.29 is 9.53 Å². The number of carbonyl (C=O) groups excluding carboxylic acids is 1. The molecule has 0 heterocycles. The molecule has 21 heavy (non-hydrogen) atoms. The van der Waals surface area contributed by atoms with E-state index in [2.05, 4.69) is 5.32 Å². The minimum Gasteiger partial charge on any atom is -0.364 e. The van der Waals surface area contributed by atoms with Gasteiger partial charge in [0.2, 0.25) is 0 Å². The van der Waals surface area contributed by atoms with Gasteiger partial charge in [-0.15, -0.1) is 0 Å². The number of carbonyl (C=O) groups is 1. The van der Waals surface area contributed by atoms with Gasteiger partial charge in [0.05, 0.1) is 6.61 Å². The Bertz CT molecular complexity index is 584. The van der Waals surface area contributed by atoms with Crippen LogP contribution in [0.3, 0.4) is 0 Å². The highest BCUT2D eigenvalue weighted by atomic mass is 16.5. The number of rotatable bonds is 6. The molecule has 0 aliphatic carbocycles. The van der Waals surface area contributed by atoms with Crippen molar-refractivity contribution in [3.8, 4) is 0 Å². The van der Waals surface area contributed by atoms with Gasteiger partial charge in [-0.25, -0.2) is 0 Å². The zero-order valence-corrected chi connectivity index (χ0v) is 12.1. The Morgan fingerprint density at radius 3 is 2.57 bits per heavy atom. The van der Waals surface area contributed by atoms with Crippen molar-refractivity contribution in [3.63, 3.8) is 0 Å². The number of ether oxygens (including phenoxy) is 1. The summed E-state index contributed by atoms with van der Waals surface area (Å²) < 4.78 is 5.58. The van der Waals surface area contributed by atoms with Gasteiger partial charge in [0, 0.05) is 12.2 Å². The zero-order valence-electron chi connectivity index (χ0n) is 12.1. The molecule has 4 nitrogen and oxygen atoms in total. The molecule has 4 heteroatoms. The number of hydrogen-bond donors (Lipinski definition) is 2. The number of nitrogens with two attached hydrogens (primary N) is 1. The van der Waals surface area contributed by atoms with Crippen molar-refractivity contribution in [2.75, 3.05) is 5.32 Å². The molecule has 2 aromatic carbocycles. The minimum atomic E-state index is -0.522. The Hall–Kier alpha value is -2.17. The maximum atomic E-state index is 12.1. The fraction of sp³-hybridized carbons (Fsp3) is 0.235. The van der Waals surface area contributed by atoms with E-state index in [0.29, 0.717) is 13.2 Å². The highest BCUT2D eigenvalue weighted by Crippen LogP contribution is 2.11. The molecule has 2 aromatic rings. The first-order valence-electron chi connectivity index (χ1n) is 6.94. The Balaban J connectivity index is 1.87. The predicted molar refractivity (Wildman–Crippen MR) is 83.7 cm³/mol. The average Bonchev–Trinajstić information content (AvgIpc) is 2.53. The van der Waals surface area contributed by atoms with Crippen LogP contribution in [0.15, 0.2) is 54.6 Å². The molecule has 1 atom stereocenters. The molecule has 110 valence electrons. The van der Waals surface area contributed by atoms with E-state index in [0.717, 1.165) is 16.8 Å². The SMILES string of the molecule is CC(OCc1ccccc1)C(=O)Nc1cccc(CN)c1. The number of hydrogen-bond acceptors (Lipinski definition) is 3. The van der Waals surface area contributed by atoms with Gasteiger partial charge in [-0.1, -0.05) is 42.5 Å². The van der Waals surface area contributed by atoms with E-state index in [1.54, 1.807) is 6.92 Å². The third kappa shape index (κ3) is 4.70. The molecule has 0 fully saturated rings. The van der Waals surface area contributed by atoms with Crippen molar-refractivity contribution in [1.29, 1.82) is 0 Å². The molecule has 1 unspecified atom stereocenters. The molecule has 0 radical (unpaired) electrons. The normalized spacial score (nSPS) is 11.9. The maximum absolute atomic E-state index is 12.1. The van der Waals surface area contributed by atoms with Gasteiger partial charge in [-0.05, 0) is 30.2 Å². The van der Waals surface area contributed by atoms with E-state index in [-0.39, 0.29) is 5.91 Å². The topological polar surface area (TPSA) is 64.3 Å². The van der Waals surface area contributed by atoms with Crippen LogP contribution in [-0.2, 0) is 22.7 Å². The molecule has 0 aromatic heterocycles. The van der Waals surface area contributed by atoms with Crippen LogP contribution in [0.25, 0.3) is 0 Å². The molecular formula is C17H20N2O2. The first-order chi connectivity index (χ1) is 10.2.